The maximum absolute atomic E-state index is 6.13. The summed E-state index contributed by atoms with van der Waals surface area (Å²) in [6.45, 7) is 0. The van der Waals surface area contributed by atoms with Gasteiger partial charge in [0.05, 0.1) is 22.6 Å². The molecule has 2 N–H and O–H groups in total. The molecule has 0 bridgehead atoms. The number of aromatic nitrogens is 2. The minimum Gasteiger partial charge on any atom is -0.469 e. The molecule has 1 unspecified atom stereocenters. The zero-order valence-electron chi connectivity index (χ0n) is 9.06. The van der Waals surface area contributed by atoms with E-state index in [0.717, 1.165) is 28.8 Å². The second-order valence-electron chi connectivity index (χ2n) is 3.73. The van der Waals surface area contributed by atoms with Crippen molar-refractivity contribution in [3.05, 3.63) is 40.5 Å². The van der Waals surface area contributed by atoms with Crippen molar-refractivity contribution in [2.24, 2.45) is 12.8 Å². The summed E-state index contributed by atoms with van der Waals surface area (Å²) in [4.78, 5) is 0. The molecule has 0 amide bonds. The Hall–Kier alpha value is -1.07. The van der Waals surface area contributed by atoms with E-state index in [1.54, 1.807) is 17.1 Å². The minimum absolute atomic E-state index is 0.0352. The summed E-state index contributed by atoms with van der Waals surface area (Å²) in [5.74, 6) is 0.966. The molecule has 0 aliphatic heterocycles. The smallest absolute Gasteiger partial charge is 0.103 e. The molecular formula is C11H14BrN3O. The van der Waals surface area contributed by atoms with E-state index in [0.29, 0.717) is 0 Å². The van der Waals surface area contributed by atoms with E-state index in [9.17, 15) is 0 Å². The minimum atomic E-state index is -0.0352. The number of halogens is 1. The maximum Gasteiger partial charge on any atom is 0.103 e. The summed E-state index contributed by atoms with van der Waals surface area (Å²) >= 11 is 3.45. The molecule has 16 heavy (non-hydrogen) atoms. The molecule has 2 aromatic heterocycles. The highest BCUT2D eigenvalue weighted by atomic mass is 79.9. The fourth-order valence-electron chi connectivity index (χ4n) is 1.73. The van der Waals surface area contributed by atoms with E-state index in [2.05, 4.69) is 21.0 Å². The Morgan fingerprint density at radius 2 is 2.44 bits per heavy atom. The van der Waals surface area contributed by atoms with Gasteiger partial charge in [0.25, 0.3) is 0 Å². The third-order valence-electron chi connectivity index (χ3n) is 2.57. The lowest BCUT2D eigenvalue weighted by Gasteiger charge is -2.11. The maximum atomic E-state index is 6.13. The van der Waals surface area contributed by atoms with Gasteiger partial charge in [0, 0.05) is 19.5 Å². The average molecular weight is 284 g/mol. The second-order valence-corrected chi connectivity index (χ2v) is 4.58. The van der Waals surface area contributed by atoms with Crippen LogP contribution in [-0.4, -0.2) is 9.78 Å². The van der Waals surface area contributed by atoms with E-state index in [1.807, 2.05) is 19.2 Å². The van der Waals surface area contributed by atoms with Crippen LogP contribution in [0.15, 0.2) is 33.5 Å². The summed E-state index contributed by atoms with van der Waals surface area (Å²) in [5, 5.41) is 4.15. The first-order chi connectivity index (χ1) is 7.68. The predicted octanol–water partition coefficient (Wildman–Crippen LogP) is 2.41. The SMILES string of the molecule is Cn1ncc(Br)c1C(N)CCc1ccco1. The third-order valence-corrected chi connectivity index (χ3v) is 3.18. The van der Waals surface area contributed by atoms with Crippen molar-refractivity contribution in [2.75, 3.05) is 0 Å². The zero-order chi connectivity index (χ0) is 11.5. The quantitative estimate of drug-likeness (QED) is 0.938. The molecule has 0 spiro atoms. The average Bonchev–Trinajstić information content (AvgIpc) is 2.86. The first-order valence-electron chi connectivity index (χ1n) is 5.14. The molecule has 0 radical (unpaired) electrons. The Balaban J connectivity index is 2.01. The van der Waals surface area contributed by atoms with Crippen LogP contribution in [0.2, 0.25) is 0 Å². The van der Waals surface area contributed by atoms with Gasteiger partial charge in [-0.05, 0) is 34.5 Å². The molecule has 86 valence electrons. The summed E-state index contributed by atoms with van der Waals surface area (Å²) in [7, 11) is 1.90. The van der Waals surface area contributed by atoms with Crippen LogP contribution in [0.4, 0.5) is 0 Å². The van der Waals surface area contributed by atoms with Crippen LogP contribution in [0, 0.1) is 0 Å². The Labute approximate surface area is 103 Å². The predicted molar refractivity (Wildman–Crippen MR) is 64.9 cm³/mol. The Bertz CT molecular complexity index is 430. The van der Waals surface area contributed by atoms with Gasteiger partial charge in [0.15, 0.2) is 0 Å². The van der Waals surface area contributed by atoms with E-state index in [-0.39, 0.29) is 6.04 Å². The first-order valence-corrected chi connectivity index (χ1v) is 5.93. The van der Waals surface area contributed by atoms with Crippen molar-refractivity contribution >= 4 is 15.9 Å². The highest BCUT2D eigenvalue weighted by molar-refractivity contribution is 9.10. The van der Waals surface area contributed by atoms with Crippen LogP contribution >= 0.6 is 15.9 Å². The lowest BCUT2D eigenvalue weighted by Crippen LogP contribution is -2.15. The zero-order valence-corrected chi connectivity index (χ0v) is 10.6. The molecule has 0 aromatic carbocycles. The molecule has 2 aromatic rings. The van der Waals surface area contributed by atoms with Crippen molar-refractivity contribution in [1.29, 1.82) is 0 Å². The lowest BCUT2D eigenvalue weighted by molar-refractivity contribution is 0.481. The highest BCUT2D eigenvalue weighted by Crippen LogP contribution is 2.24. The summed E-state index contributed by atoms with van der Waals surface area (Å²) in [6.07, 6.45) is 5.13. The fraction of sp³-hybridized carbons (Fsp3) is 0.364. The van der Waals surface area contributed by atoms with Crippen LogP contribution in [0.3, 0.4) is 0 Å². The molecule has 2 heterocycles. The largest absolute Gasteiger partial charge is 0.469 e. The Morgan fingerprint density at radius 1 is 1.62 bits per heavy atom. The van der Waals surface area contributed by atoms with Crippen molar-refractivity contribution in [3.63, 3.8) is 0 Å². The van der Waals surface area contributed by atoms with Crippen LogP contribution in [0.1, 0.15) is 23.9 Å². The number of nitrogens with two attached hydrogens (primary N) is 1. The normalized spacial score (nSPS) is 12.9. The molecule has 0 aliphatic rings. The van der Waals surface area contributed by atoms with Gasteiger partial charge in [-0.25, -0.2) is 0 Å². The van der Waals surface area contributed by atoms with Crippen LogP contribution in [-0.2, 0) is 13.5 Å². The molecule has 5 heteroatoms. The van der Waals surface area contributed by atoms with Gasteiger partial charge in [0.2, 0.25) is 0 Å². The second kappa shape index (κ2) is 4.84. The fourth-order valence-corrected chi connectivity index (χ4v) is 2.37. The van der Waals surface area contributed by atoms with E-state index in [4.69, 9.17) is 10.2 Å². The van der Waals surface area contributed by atoms with Gasteiger partial charge in [-0.2, -0.15) is 5.10 Å². The summed E-state index contributed by atoms with van der Waals surface area (Å²) in [6, 6.07) is 3.82. The monoisotopic (exact) mass is 283 g/mol. The molecule has 4 nitrogen and oxygen atoms in total. The highest BCUT2D eigenvalue weighted by Gasteiger charge is 2.15. The van der Waals surface area contributed by atoms with E-state index in [1.165, 1.54) is 0 Å². The van der Waals surface area contributed by atoms with Crippen molar-refractivity contribution in [1.82, 2.24) is 9.78 Å². The van der Waals surface area contributed by atoms with Gasteiger partial charge in [-0.15, -0.1) is 0 Å². The molecule has 1 atom stereocenters. The van der Waals surface area contributed by atoms with Crippen LogP contribution in [0.5, 0.6) is 0 Å². The van der Waals surface area contributed by atoms with Crippen molar-refractivity contribution in [3.8, 4) is 0 Å². The third kappa shape index (κ3) is 2.36. The summed E-state index contributed by atoms with van der Waals surface area (Å²) < 4.78 is 8.03. The van der Waals surface area contributed by atoms with Gasteiger partial charge >= 0.3 is 0 Å². The molecule has 0 fully saturated rings. The number of aryl methyl sites for hydroxylation is 2. The van der Waals surface area contributed by atoms with E-state index >= 15 is 0 Å². The Kier molecular flexibility index (Phi) is 3.46. The van der Waals surface area contributed by atoms with Gasteiger partial charge in [-0.3, -0.25) is 4.68 Å². The molecule has 2 rings (SSSR count). The Morgan fingerprint density at radius 3 is 3.00 bits per heavy atom. The lowest BCUT2D eigenvalue weighted by atomic mass is 10.1. The van der Waals surface area contributed by atoms with Crippen LogP contribution < -0.4 is 5.73 Å². The van der Waals surface area contributed by atoms with Gasteiger partial charge in [0.1, 0.15) is 5.76 Å². The molecular weight excluding hydrogens is 270 g/mol. The molecule has 0 aliphatic carbocycles. The molecule has 0 saturated carbocycles. The number of furan rings is 1. The van der Waals surface area contributed by atoms with Gasteiger partial charge < -0.3 is 10.2 Å². The standard InChI is InChI=1S/C11H14BrN3O/c1-15-11(9(12)7-14-15)10(13)5-4-8-3-2-6-16-8/h2-3,6-7,10H,4-5,13H2,1H3. The molecule has 0 saturated heterocycles. The number of hydrogen-bond acceptors (Lipinski definition) is 3. The summed E-state index contributed by atoms with van der Waals surface area (Å²) in [5.41, 5.74) is 7.15. The van der Waals surface area contributed by atoms with Crippen LogP contribution in [0.25, 0.3) is 0 Å². The van der Waals surface area contributed by atoms with Gasteiger partial charge in [-0.1, -0.05) is 0 Å². The number of nitrogens with zero attached hydrogens (tertiary/aromatic N) is 2. The topological polar surface area (TPSA) is 57.0 Å². The van der Waals surface area contributed by atoms with Crippen molar-refractivity contribution in [2.45, 2.75) is 18.9 Å². The number of hydrogen-bond donors (Lipinski definition) is 1. The van der Waals surface area contributed by atoms with E-state index < -0.39 is 0 Å². The number of rotatable bonds is 4. The first kappa shape index (κ1) is 11.4. The van der Waals surface area contributed by atoms with Crippen molar-refractivity contribution < 1.29 is 4.42 Å².